The van der Waals surface area contributed by atoms with Crippen LogP contribution in [0, 0.1) is 5.95 Å². The van der Waals surface area contributed by atoms with Crippen LogP contribution in [-0.4, -0.2) is 17.9 Å². The SMILES string of the molecule is CN(Cc1ccccc1)c1ccc(NC(=O)c2ccnc(F)c2)cc1. The third-order valence-electron chi connectivity index (χ3n) is 3.82. The number of benzene rings is 2. The smallest absolute Gasteiger partial charge is 0.255 e. The molecule has 1 heterocycles. The molecule has 0 radical (unpaired) electrons. The third-order valence-corrected chi connectivity index (χ3v) is 3.82. The molecular weight excluding hydrogens is 317 g/mol. The number of hydrogen-bond donors (Lipinski definition) is 1. The molecule has 0 aliphatic rings. The minimum atomic E-state index is -0.675. The third kappa shape index (κ3) is 4.41. The van der Waals surface area contributed by atoms with Crippen molar-refractivity contribution >= 4 is 17.3 Å². The van der Waals surface area contributed by atoms with Gasteiger partial charge in [-0.25, -0.2) is 4.98 Å². The van der Waals surface area contributed by atoms with Gasteiger partial charge in [-0.15, -0.1) is 0 Å². The number of aromatic nitrogens is 1. The fourth-order valence-electron chi connectivity index (χ4n) is 2.49. The van der Waals surface area contributed by atoms with E-state index in [1.807, 2.05) is 49.5 Å². The lowest BCUT2D eigenvalue weighted by Crippen LogP contribution is -2.16. The van der Waals surface area contributed by atoms with Gasteiger partial charge in [-0.1, -0.05) is 30.3 Å². The first kappa shape index (κ1) is 16.6. The van der Waals surface area contributed by atoms with Crippen molar-refractivity contribution in [3.8, 4) is 0 Å². The van der Waals surface area contributed by atoms with Gasteiger partial charge in [0.25, 0.3) is 5.91 Å². The van der Waals surface area contributed by atoms with Gasteiger partial charge in [0.2, 0.25) is 5.95 Å². The fourth-order valence-corrected chi connectivity index (χ4v) is 2.49. The zero-order chi connectivity index (χ0) is 17.6. The zero-order valence-electron chi connectivity index (χ0n) is 13.8. The predicted octanol–water partition coefficient (Wildman–Crippen LogP) is 4.11. The van der Waals surface area contributed by atoms with Gasteiger partial charge in [0.1, 0.15) is 0 Å². The molecule has 0 spiro atoms. The molecule has 0 atom stereocenters. The summed E-state index contributed by atoms with van der Waals surface area (Å²) in [4.78, 5) is 17.7. The number of carbonyl (C=O) groups excluding carboxylic acids is 1. The van der Waals surface area contributed by atoms with Crippen molar-refractivity contribution in [1.82, 2.24) is 4.98 Å². The molecule has 4 nitrogen and oxygen atoms in total. The lowest BCUT2D eigenvalue weighted by molar-refractivity contribution is 0.102. The van der Waals surface area contributed by atoms with E-state index in [-0.39, 0.29) is 11.5 Å². The van der Waals surface area contributed by atoms with E-state index in [2.05, 4.69) is 27.3 Å². The predicted molar refractivity (Wildman–Crippen MR) is 97.1 cm³/mol. The van der Waals surface area contributed by atoms with Gasteiger partial charge in [-0.2, -0.15) is 4.39 Å². The normalized spacial score (nSPS) is 10.3. The van der Waals surface area contributed by atoms with Crippen LogP contribution in [0.1, 0.15) is 15.9 Å². The summed E-state index contributed by atoms with van der Waals surface area (Å²) in [6.07, 6.45) is 1.27. The Balaban J connectivity index is 1.64. The molecular formula is C20H18FN3O. The van der Waals surface area contributed by atoms with E-state index in [9.17, 15) is 9.18 Å². The van der Waals surface area contributed by atoms with Gasteiger partial charge >= 0.3 is 0 Å². The lowest BCUT2D eigenvalue weighted by Gasteiger charge is -2.19. The molecule has 0 unspecified atom stereocenters. The van der Waals surface area contributed by atoms with Crippen LogP contribution in [0.15, 0.2) is 72.9 Å². The summed E-state index contributed by atoms with van der Waals surface area (Å²) in [6.45, 7) is 0.794. The molecule has 1 amide bonds. The van der Waals surface area contributed by atoms with Crippen LogP contribution >= 0.6 is 0 Å². The molecule has 0 saturated heterocycles. The number of carbonyl (C=O) groups is 1. The number of nitrogens with zero attached hydrogens (tertiary/aromatic N) is 2. The van der Waals surface area contributed by atoms with Crippen LogP contribution in [0.2, 0.25) is 0 Å². The Morgan fingerprint density at radius 3 is 2.48 bits per heavy atom. The van der Waals surface area contributed by atoms with Crippen LogP contribution in [-0.2, 0) is 6.54 Å². The maximum Gasteiger partial charge on any atom is 0.255 e. The van der Waals surface area contributed by atoms with Crippen molar-refractivity contribution in [2.75, 3.05) is 17.3 Å². The summed E-state index contributed by atoms with van der Waals surface area (Å²) in [5.74, 6) is -1.04. The summed E-state index contributed by atoms with van der Waals surface area (Å²) in [7, 11) is 2.01. The highest BCUT2D eigenvalue weighted by molar-refractivity contribution is 6.04. The topological polar surface area (TPSA) is 45.2 Å². The minimum Gasteiger partial charge on any atom is -0.370 e. The van der Waals surface area contributed by atoms with Crippen LogP contribution in [0.25, 0.3) is 0 Å². The van der Waals surface area contributed by atoms with Crippen LogP contribution < -0.4 is 10.2 Å². The maximum absolute atomic E-state index is 13.1. The quantitative estimate of drug-likeness (QED) is 0.714. The van der Waals surface area contributed by atoms with Crippen LogP contribution in [0.3, 0.4) is 0 Å². The molecule has 0 aliphatic carbocycles. The monoisotopic (exact) mass is 335 g/mol. The highest BCUT2D eigenvalue weighted by Crippen LogP contribution is 2.19. The standard InChI is InChI=1S/C20H18FN3O/c1-24(14-15-5-3-2-4-6-15)18-9-7-17(8-10-18)23-20(25)16-11-12-22-19(21)13-16/h2-13H,14H2,1H3,(H,23,25). The number of anilines is 2. The number of halogens is 1. The zero-order valence-corrected chi connectivity index (χ0v) is 13.8. The van der Waals surface area contributed by atoms with E-state index in [4.69, 9.17) is 0 Å². The number of amides is 1. The molecule has 3 aromatic rings. The maximum atomic E-state index is 13.1. The van der Waals surface area contributed by atoms with E-state index in [0.29, 0.717) is 5.69 Å². The molecule has 2 aromatic carbocycles. The van der Waals surface area contributed by atoms with Gasteiger partial charge in [-0.3, -0.25) is 4.79 Å². The summed E-state index contributed by atoms with van der Waals surface area (Å²) in [6, 6.07) is 20.3. The second-order valence-corrected chi connectivity index (χ2v) is 5.71. The van der Waals surface area contributed by atoms with Crippen LogP contribution in [0.4, 0.5) is 15.8 Å². The van der Waals surface area contributed by atoms with Crippen molar-refractivity contribution in [3.63, 3.8) is 0 Å². The largest absolute Gasteiger partial charge is 0.370 e. The van der Waals surface area contributed by atoms with Crippen molar-refractivity contribution in [1.29, 1.82) is 0 Å². The molecule has 5 heteroatoms. The molecule has 25 heavy (non-hydrogen) atoms. The van der Waals surface area contributed by atoms with E-state index in [1.54, 1.807) is 0 Å². The summed E-state index contributed by atoms with van der Waals surface area (Å²) in [5, 5.41) is 2.75. The summed E-state index contributed by atoms with van der Waals surface area (Å²) >= 11 is 0. The Kier molecular flexibility index (Phi) is 5.04. The van der Waals surface area contributed by atoms with Crippen molar-refractivity contribution in [2.45, 2.75) is 6.54 Å². The fraction of sp³-hybridized carbons (Fsp3) is 0.100. The average molecular weight is 335 g/mol. The summed E-state index contributed by atoms with van der Waals surface area (Å²) in [5.41, 5.74) is 3.15. The Labute approximate surface area is 145 Å². The van der Waals surface area contributed by atoms with E-state index in [1.165, 1.54) is 17.8 Å². The highest BCUT2D eigenvalue weighted by Gasteiger charge is 2.08. The average Bonchev–Trinajstić information content (AvgIpc) is 2.63. The first-order valence-corrected chi connectivity index (χ1v) is 7.90. The molecule has 3 rings (SSSR count). The van der Waals surface area contributed by atoms with E-state index < -0.39 is 5.95 Å². The first-order chi connectivity index (χ1) is 12.1. The number of rotatable bonds is 5. The molecule has 0 aliphatic heterocycles. The van der Waals surface area contributed by atoms with Crippen molar-refractivity contribution in [3.05, 3.63) is 90.0 Å². The Morgan fingerprint density at radius 2 is 1.80 bits per heavy atom. The summed E-state index contributed by atoms with van der Waals surface area (Å²) < 4.78 is 13.1. The molecule has 126 valence electrons. The van der Waals surface area contributed by atoms with Crippen molar-refractivity contribution < 1.29 is 9.18 Å². The number of hydrogen-bond acceptors (Lipinski definition) is 3. The van der Waals surface area contributed by atoms with Gasteiger partial charge in [0, 0.05) is 42.8 Å². The van der Waals surface area contributed by atoms with Gasteiger partial charge < -0.3 is 10.2 Å². The van der Waals surface area contributed by atoms with Crippen molar-refractivity contribution in [2.24, 2.45) is 0 Å². The second-order valence-electron chi connectivity index (χ2n) is 5.71. The molecule has 0 saturated carbocycles. The molecule has 1 aromatic heterocycles. The molecule has 0 bridgehead atoms. The lowest BCUT2D eigenvalue weighted by atomic mass is 10.2. The van der Waals surface area contributed by atoms with Gasteiger partial charge in [0.05, 0.1) is 0 Å². The first-order valence-electron chi connectivity index (χ1n) is 7.90. The number of nitrogens with one attached hydrogen (secondary N) is 1. The highest BCUT2D eigenvalue weighted by atomic mass is 19.1. The van der Waals surface area contributed by atoms with Gasteiger partial charge in [0.15, 0.2) is 0 Å². The molecule has 0 fully saturated rings. The van der Waals surface area contributed by atoms with Gasteiger partial charge in [-0.05, 0) is 35.9 Å². The van der Waals surface area contributed by atoms with E-state index >= 15 is 0 Å². The second kappa shape index (κ2) is 7.57. The molecule has 1 N–H and O–H groups in total. The minimum absolute atomic E-state index is 0.234. The van der Waals surface area contributed by atoms with E-state index in [0.717, 1.165) is 18.3 Å². The Hall–Kier alpha value is -3.21. The van der Waals surface area contributed by atoms with Crippen LogP contribution in [0.5, 0.6) is 0 Å². The Morgan fingerprint density at radius 1 is 1.08 bits per heavy atom. The number of pyridine rings is 1. The Bertz CT molecular complexity index is 850.